The fraction of sp³-hybridized carbons (Fsp3) is 0.727. The lowest BCUT2D eigenvalue weighted by Crippen LogP contribution is -2.12. The Kier molecular flexibility index (Phi) is 6.04. The van der Waals surface area contributed by atoms with Crippen LogP contribution < -0.4 is 0 Å². The molecular weight excluding hydrogens is 196 g/mol. The van der Waals surface area contributed by atoms with E-state index in [1.807, 2.05) is 0 Å². The third kappa shape index (κ3) is 5.54. The minimum absolute atomic E-state index is 0.288. The number of carbonyl (C=O) groups is 1. The second kappa shape index (κ2) is 7.43. The molecule has 1 fully saturated rings. The number of rotatable bonds is 7. The number of hydrogen-bond acceptors (Lipinski definition) is 4. The predicted octanol–water partition coefficient (Wildman–Crippen LogP) is 1.30. The van der Waals surface area contributed by atoms with Gasteiger partial charge in [-0.3, -0.25) is 0 Å². The van der Waals surface area contributed by atoms with Crippen LogP contribution in [-0.4, -0.2) is 38.5 Å². The number of esters is 1. The Balaban J connectivity index is 1.84. The van der Waals surface area contributed by atoms with Crippen LogP contribution in [0, 0.1) is 0 Å². The molecule has 0 aliphatic carbocycles. The largest absolute Gasteiger partial charge is 0.460 e. The quantitative estimate of drug-likeness (QED) is 0.364. The van der Waals surface area contributed by atoms with E-state index in [2.05, 4.69) is 6.58 Å². The topological polar surface area (TPSA) is 44.8 Å². The van der Waals surface area contributed by atoms with Crippen molar-refractivity contribution in [1.29, 1.82) is 0 Å². The molecule has 1 atom stereocenters. The third-order valence-electron chi connectivity index (χ3n) is 2.25. The maximum absolute atomic E-state index is 10.6. The van der Waals surface area contributed by atoms with E-state index in [1.165, 1.54) is 0 Å². The lowest BCUT2D eigenvalue weighted by Gasteiger charge is -2.09. The van der Waals surface area contributed by atoms with Gasteiger partial charge in [0.15, 0.2) is 0 Å². The highest BCUT2D eigenvalue weighted by atomic mass is 16.6. The zero-order chi connectivity index (χ0) is 10.9. The van der Waals surface area contributed by atoms with E-state index in [1.54, 1.807) is 0 Å². The van der Waals surface area contributed by atoms with Crippen molar-refractivity contribution in [3.8, 4) is 0 Å². The molecule has 86 valence electrons. The average molecular weight is 214 g/mol. The highest BCUT2D eigenvalue weighted by molar-refractivity contribution is 5.81. The van der Waals surface area contributed by atoms with Gasteiger partial charge in [-0.1, -0.05) is 6.58 Å². The van der Waals surface area contributed by atoms with Crippen molar-refractivity contribution in [3.63, 3.8) is 0 Å². The van der Waals surface area contributed by atoms with Crippen molar-refractivity contribution in [2.45, 2.75) is 25.4 Å². The Morgan fingerprint density at radius 3 is 3.00 bits per heavy atom. The van der Waals surface area contributed by atoms with E-state index < -0.39 is 5.97 Å². The molecule has 4 nitrogen and oxygen atoms in total. The van der Waals surface area contributed by atoms with Crippen LogP contribution in [-0.2, 0) is 19.0 Å². The van der Waals surface area contributed by atoms with E-state index in [0.29, 0.717) is 19.3 Å². The predicted molar refractivity (Wildman–Crippen MR) is 55.6 cm³/mol. The third-order valence-corrected chi connectivity index (χ3v) is 2.25. The van der Waals surface area contributed by atoms with Crippen molar-refractivity contribution < 1.29 is 19.0 Å². The van der Waals surface area contributed by atoms with Crippen LogP contribution in [0.4, 0.5) is 0 Å². The van der Waals surface area contributed by atoms with Crippen LogP contribution in [0.1, 0.15) is 19.3 Å². The van der Waals surface area contributed by atoms with Gasteiger partial charge in [0.25, 0.3) is 0 Å². The standard InChI is InChI=1S/C11H18O4/c1-2-11(12)15-9-8-13-7-5-10-4-3-6-14-10/h2,10H,1,3-9H2. The lowest BCUT2D eigenvalue weighted by atomic mass is 10.2. The summed E-state index contributed by atoms with van der Waals surface area (Å²) in [5.41, 5.74) is 0. The minimum atomic E-state index is -0.405. The van der Waals surface area contributed by atoms with Gasteiger partial charge in [-0.25, -0.2) is 4.79 Å². The second-order valence-electron chi connectivity index (χ2n) is 3.41. The van der Waals surface area contributed by atoms with E-state index in [4.69, 9.17) is 14.2 Å². The minimum Gasteiger partial charge on any atom is -0.460 e. The normalized spacial score (nSPS) is 20.1. The summed E-state index contributed by atoms with van der Waals surface area (Å²) >= 11 is 0. The molecule has 1 aliphatic rings. The summed E-state index contributed by atoms with van der Waals surface area (Å²) in [6.45, 7) is 5.56. The first-order chi connectivity index (χ1) is 7.33. The summed E-state index contributed by atoms with van der Waals surface area (Å²) in [4.78, 5) is 10.6. The zero-order valence-corrected chi connectivity index (χ0v) is 8.94. The van der Waals surface area contributed by atoms with Crippen LogP contribution in [0.15, 0.2) is 12.7 Å². The monoisotopic (exact) mass is 214 g/mol. The molecule has 1 aliphatic heterocycles. The molecule has 1 saturated heterocycles. The summed E-state index contributed by atoms with van der Waals surface area (Å²) in [5, 5.41) is 0. The highest BCUT2D eigenvalue weighted by Crippen LogP contribution is 2.14. The Labute approximate surface area is 90.2 Å². The smallest absolute Gasteiger partial charge is 0.330 e. The molecule has 0 radical (unpaired) electrons. The molecular formula is C11H18O4. The fourth-order valence-electron chi connectivity index (χ4n) is 1.45. The van der Waals surface area contributed by atoms with Gasteiger partial charge in [0.1, 0.15) is 6.61 Å². The summed E-state index contributed by atoms with van der Waals surface area (Å²) in [6.07, 6.45) is 4.72. The number of hydrogen-bond donors (Lipinski definition) is 0. The fourth-order valence-corrected chi connectivity index (χ4v) is 1.45. The van der Waals surface area contributed by atoms with E-state index in [0.717, 1.165) is 31.9 Å². The van der Waals surface area contributed by atoms with Crippen LogP contribution in [0.5, 0.6) is 0 Å². The van der Waals surface area contributed by atoms with Gasteiger partial charge in [-0.2, -0.15) is 0 Å². The van der Waals surface area contributed by atoms with Crippen molar-refractivity contribution in [2.24, 2.45) is 0 Å². The van der Waals surface area contributed by atoms with Crippen LogP contribution in [0.3, 0.4) is 0 Å². The average Bonchev–Trinajstić information content (AvgIpc) is 2.75. The van der Waals surface area contributed by atoms with Gasteiger partial charge < -0.3 is 14.2 Å². The van der Waals surface area contributed by atoms with Crippen molar-refractivity contribution in [2.75, 3.05) is 26.4 Å². The van der Waals surface area contributed by atoms with E-state index in [-0.39, 0.29) is 6.61 Å². The molecule has 1 rings (SSSR count). The summed E-state index contributed by atoms with van der Waals surface area (Å²) < 4.78 is 15.5. The molecule has 0 amide bonds. The molecule has 0 spiro atoms. The molecule has 0 aromatic heterocycles. The van der Waals surface area contributed by atoms with Crippen molar-refractivity contribution in [3.05, 3.63) is 12.7 Å². The second-order valence-corrected chi connectivity index (χ2v) is 3.41. The Morgan fingerprint density at radius 1 is 1.47 bits per heavy atom. The van der Waals surface area contributed by atoms with Crippen LogP contribution in [0.25, 0.3) is 0 Å². The maximum atomic E-state index is 10.6. The first-order valence-corrected chi connectivity index (χ1v) is 5.31. The van der Waals surface area contributed by atoms with Crippen LogP contribution in [0.2, 0.25) is 0 Å². The first kappa shape index (κ1) is 12.2. The van der Waals surface area contributed by atoms with E-state index >= 15 is 0 Å². The Hall–Kier alpha value is -0.870. The number of ether oxygens (including phenoxy) is 3. The Morgan fingerprint density at radius 2 is 2.33 bits per heavy atom. The van der Waals surface area contributed by atoms with Gasteiger partial charge in [0.05, 0.1) is 12.7 Å². The molecule has 4 heteroatoms. The van der Waals surface area contributed by atoms with Crippen molar-refractivity contribution in [1.82, 2.24) is 0 Å². The van der Waals surface area contributed by atoms with Crippen LogP contribution >= 0.6 is 0 Å². The summed E-state index contributed by atoms with van der Waals surface area (Å²) in [5.74, 6) is -0.405. The molecule has 1 heterocycles. The zero-order valence-electron chi connectivity index (χ0n) is 8.94. The first-order valence-electron chi connectivity index (χ1n) is 5.31. The van der Waals surface area contributed by atoms with E-state index in [9.17, 15) is 4.79 Å². The Bertz CT molecular complexity index is 197. The highest BCUT2D eigenvalue weighted by Gasteiger charge is 2.14. The molecule has 0 bridgehead atoms. The molecule has 1 unspecified atom stereocenters. The SMILES string of the molecule is C=CC(=O)OCCOCCC1CCCO1. The van der Waals surface area contributed by atoms with Gasteiger partial charge in [-0.15, -0.1) is 0 Å². The number of carbonyl (C=O) groups excluding carboxylic acids is 1. The van der Waals surface area contributed by atoms with Gasteiger partial charge >= 0.3 is 5.97 Å². The van der Waals surface area contributed by atoms with Crippen molar-refractivity contribution >= 4 is 5.97 Å². The van der Waals surface area contributed by atoms with Gasteiger partial charge in [-0.05, 0) is 19.3 Å². The molecule has 0 N–H and O–H groups in total. The molecule has 0 saturated carbocycles. The van der Waals surface area contributed by atoms with Gasteiger partial charge in [0, 0.05) is 19.3 Å². The molecule has 0 aromatic rings. The molecule has 15 heavy (non-hydrogen) atoms. The molecule has 0 aromatic carbocycles. The maximum Gasteiger partial charge on any atom is 0.330 e. The van der Waals surface area contributed by atoms with Gasteiger partial charge in [0.2, 0.25) is 0 Å². The summed E-state index contributed by atoms with van der Waals surface area (Å²) in [7, 11) is 0. The lowest BCUT2D eigenvalue weighted by molar-refractivity contribution is -0.139. The summed E-state index contributed by atoms with van der Waals surface area (Å²) in [6, 6.07) is 0.